The molecule has 1 rings (SSSR count). The fourth-order valence-corrected chi connectivity index (χ4v) is 2.26. The van der Waals surface area contributed by atoms with Gasteiger partial charge < -0.3 is 4.74 Å². The van der Waals surface area contributed by atoms with Crippen LogP contribution in [0.1, 0.15) is 13.8 Å². The van der Waals surface area contributed by atoms with Crippen molar-refractivity contribution in [1.82, 2.24) is 4.90 Å². The van der Waals surface area contributed by atoms with Crippen LogP contribution in [0, 0.1) is 0 Å². The molecule has 0 aliphatic rings. The quantitative estimate of drug-likeness (QED) is 0.740. The fraction of sp³-hybridized carbons (Fsp3) is 0.429. The fourth-order valence-electron chi connectivity index (χ4n) is 1.75. The van der Waals surface area contributed by atoms with E-state index in [-0.39, 0.29) is 4.90 Å². The summed E-state index contributed by atoms with van der Waals surface area (Å²) >= 11 is 0. The van der Waals surface area contributed by atoms with E-state index in [1.807, 2.05) is 6.92 Å². The second-order valence-corrected chi connectivity index (χ2v) is 6.25. The molecule has 0 heterocycles. The molecule has 0 aromatic heterocycles. The summed E-state index contributed by atoms with van der Waals surface area (Å²) in [5, 5.41) is 5.03. The van der Waals surface area contributed by atoms with E-state index in [0.29, 0.717) is 12.4 Å². The summed E-state index contributed by atoms with van der Waals surface area (Å²) < 4.78 is 27.8. The van der Waals surface area contributed by atoms with Gasteiger partial charge in [0.2, 0.25) is 10.0 Å². The van der Waals surface area contributed by atoms with E-state index in [0.717, 1.165) is 25.2 Å². The zero-order valence-corrected chi connectivity index (χ0v) is 12.8. The third-order valence-corrected chi connectivity index (χ3v) is 3.70. The summed E-state index contributed by atoms with van der Waals surface area (Å²) in [7, 11) is -3.64. The highest BCUT2D eigenvalue weighted by molar-refractivity contribution is 7.89. The van der Waals surface area contributed by atoms with Gasteiger partial charge in [-0.3, -0.25) is 4.90 Å². The van der Waals surface area contributed by atoms with E-state index >= 15 is 0 Å². The molecule has 0 unspecified atom stereocenters. The van der Waals surface area contributed by atoms with E-state index in [9.17, 15) is 8.42 Å². The zero-order chi connectivity index (χ0) is 15.2. The average Bonchev–Trinajstić information content (AvgIpc) is 2.36. The third-order valence-electron chi connectivity index (χ3n) is 2.77. The molecule has 20 heavy (non-hydrogen) atoms. The molecule has 2 N–H and O–H groups in total. The number of nitrogens with two attached hydrogens (primary N) is 1. The number of benzene rings is 1. The predicted molar refractivity (Wildman–Crippen MR) is 80.2 cm³/mol. The highest BCUT2D eigenvalue weighted by Crippen LogP contribution is 2.14. The first kappa shape index (κ1) is 16.7. The standard InChI is InChI=1S/C14H22N2O3S/c1-4-16(11-12(2)3)9-10-19-13-5-7-14(8-6-13)20(15,17)18/h5-8H,2,4,9-11H2,1,3H3,(H2,15,17,18). The minimum absolute atomic E-state index is 0.0855. The Hall–Kier alpha value is -1.37. The third kappa shape index (κ3) is 5.73. The number of ether oxygens (including phenoxy) is 1. The van der Waals surface area contributed by atoms with Gasteiger partial charge >= 0.3 is 0 Å². The van der Waals surface area contributed by atoms with Gasteiger partial charge in [0.25, 0.3) is 0 Å². The lowest BCUT2D eigenvalue weighted by atomic mass is 10.3. The van der Waals surface area contributed by atoms with Gasteiger partial charge in [-0.15, -0.1) is 0 Å². The van der Waals surface area contributed by atoms with Crippen LogP contribution in [0.4, 0.5) is 0 Å². The Bertz CT molecular complexity index is 538. The summed E-state index contributed by atoms with van der Waals surface area (Å²) in [6.07, 6.45) is 0. The Morgan fingerprint density at radius 2 is 1.95 bits per heavy atom. The normalized spacial score (nSPS) is 11.6. The van der Waals surface area contributed by atoms with Crippen LogP contribution in [0.3, 0.4) is 0 Å². The smallest absolute Gasteiger partial charge is 0.238 e. The maximum Gasteiger partial charge on any atom is 0.238 e. The van der Waals surface area contributed by atoms with Gasteiger partial charge in [-0.1, -0.05) is 19.1 Å². The van der Waals surface area contributed by atoms with Gasteiger partial charge in [0.15, 0.2) is 0 Å². The monoisotopic (exact) mass is 298 g/mol. The first-order valence-electron chi connectivity index (χ1n) is 6.45. The van der Waals surface area contributed by atoms with Crippen molar-refractivity contribution in [3.05, 3.63) is 36.4 Å². The van der Waals surface area contributed by atoms with Crippen LogP contribution in [-0.4, -0.2) is 39.6 Å². The molecule has 0 aliphatic heterocycles. The molecule has 0 saturated carbocycles. The number of hydrogen-bond acceptors (Lipinski definition) is 4. The van der Waals surface area contributed by atoms with E-state index in [4.69, 9.17) is 9.88 Å². The SMILES string of the molecule is C=C(C)CN(CC)CCOc1ccc(S(N)(=O)=O)cc1. The molecule has 0 saturated heterocycles. The highest BCUT2D eigenvalue weighted by Gasteiger charge is 2.07. The molecule has 0 amide bonds. The molecule has 0 fully saturated rings. The van der Waals surface area contributed by atoms with Crippen LogP contribution in [0.25, 0.3) is 0 Å². The molecule has 0 aliphatic carbocycles. The number of sulfonamides is 1. The lowest BCUT2D eigenvalue weighted by Gasteiger charge is -2.20. The maximum atomic E-state index is 11.1. The summed E-state index contributed by atoms with van der Waals surface area (Å²) in [6.45, 7) is 11.1. The second-order valence-electron chi connectivity index (χ2n) is 4.69. The number of rotatable bonds is 8. The van der Waals surface area contributed by atoms with Gasteiger partial charge in [0.05, 0.1) is 4.90 Å². The van der Waals surface area contributed by atoms with Crippen LogP contribution in [0.2, 0.25) is 0 Å². The number of primary sulfonamides is 1. The maximum absolute atomic E-state index is 11.1. The van der Waals surface area contributed by atoms with Gasteiger partial charge in [-0.2, -0.15) is 0 Å². The van der Waals surface area contributed by atoms with Crippen molar-refractivity contribution in [2.75, 3.05) is 26.2 Å². The van der Waals surface area contributed by atoms with E-state index in [2.05, 4.69) is 18.4 Å². The molecular formula is C14H22N2O3S. The van der Waals surface area contributed by atoms with E-state index in [1.165, 1.54) is 12.1 Å². The van der Waals surface area contributed by atoms with Crippen molar-refractivity contribution >= 4 is 10.0 Å². The zero-order valence-electron chi connectivity index (χ0n) is 12.0. The van der Waals surface area contributed by atoms with Gasteiger partial charge in [-0.05, 0) is 37.7 Å². The largest absolute Gasteiger partial charge is 0.492 e. The van der Waals surface area contributed by atoms with Gasteiger partial charge in [0.1, 0.15) is 12.4 Å². The summed E-state index contributed by atoms with van der Waals surface area (Å²) in [5.41, 5.74) is 1.12. The molecule has 1 aromatic rings. The average molecular weight is 298 g/mol. The number of hydrogen-bond donors (Lipinski definition) is 1. The Morgan fingerprint density at radius 3 is 2.40 bits per heavy atom. The summed E-state index contributed by atoms with van der Waals surface area (Å²) in [4.78, 5) is 2.31. The minimum Gasteiger partial charge on any atom is -0.492 e. The molecule has 112 valence electrons. The van der Waals surface area contributed by atoms with Gasteiger partial charge in [0, 0.05) is 13.1 Å². The molecule has 0 bridgehead atoms. The minimum atomic E-state index is -3.64. The Kier molecular flexibility index (Phi) is 6.19. The van der Waals surface area contributed by atoms with Gasteiger partial charge in [-0.25, -0.2) is 13.6 Å². The molecule has 0 radical (unpaired) electrons. The first-order valence-corrected chi connectivity index (χ1v) is 8.00. The molecule has 5 nitrogen and oxygen atoms in total. The number of nitrogens with zero attached hydrogens (tertiary/aromatic N) is 1. The molecule has 0 spiro atoms. The molecule has 0 atom stereocenters. The second kappa shape index (κ2) is 7.42. The predicted octanol–water partition coefficient (Wildman–Crippen LogP) is 1.61. The van der Waals surface area contributed by atoms with Crippen LogP contribution in [0.15, 0.2) is 41.3 Å². The summed E-state index contributed by atoms with van der Waals surface area (Å²) in [5.74, 6) is 0.628. The van der Waals surface area contributed by atoms with E-state index in [1.54, 1.807) is 12.1 Å². The van der Waals surface area contributed by atoms with Crippen LogP contribution < -0.4 is 9.88 Å². The van der Waals surface area contributed by atoms with E-state index < -0.39 is 10.0 Å². The van der Waals surface area contributed by atoms with Crippen molar-refractivity contribution in [2.45, 2.75) is 18.7 Å². The van der Waals surface area contributed by atoms with Crippen molar-refractivity contribution in [3.8, 4) is 5.75 Å². The van der Waals surface area contributed by atoms with Crippen molar-refractivity contribution in [1.29, 1.82) is 0 Å². The molecular weight excluding hydrogens is 276 g/mol. The topological polar surface area (TPSA) is 72.6 Å². The van der Waals surface area contributed by atoms with Crippen LogP contribution in [-0.2, 0) is 10.0 Å². The number of likely N-dealkylation sites (N-methyl/N-ethyl adjacent to an activating group) is 1. The van der Waals surface area contributed by atoms with Crippen molar-refractivity contribution in [2.24, 2.45) is 5.14 Å². The Labute approximate surface area is 121 Å². The molecule has 6 heteroatoms. The van der Waals surface area contributed by atoms with Crippen molar-refractivity contribution < 1.29 is 13.2 Å². The molecule has 1 aromatic carbocycles. The Morgan fingerprint density at radius 1 is 1.35 bits per heavy atom. The first-order chi connectivity index (χ1) is 9.32. The Balaban J connectivity index is 2.48. The lowest BCUT2D eigenvalue weighted by molar-refractivity contribution is 0.227. The highest BCUT2D eigenvalue weighted by atomic mass is 32.2. The van der Waals surface area contributed by atoms with Crippen molar-refractivity contribution in [3.63, 3.8) is 0 Å². The van der Waals surface area contributed by atoms with Crippen LogP contribution >= 0.6 is 0 Å². The van der Waals surface area contributed by atoms with Crippen LogP contribution in [0.5, 0.6) is 5.75 Å². The summed E-state index contributed by atoms with van der Waals surface area (Å²) in [6, 6.07) is 6.09. The lowest BCUT2D eigenvalue weighted by Crippen LogP contribution is -2.29.